The van der Waals surface area contributed by atoms with E-state index in [-0.39, 0.29) is 17.3 Å². The fraction of sp³-hybridized carbons (Fsp3) is 0.176. The maximum Gasteiger partial charge on any atom is 0.325 e. The largest absolute Gasteiger partial charge is 0.480 e. The summed E-state index contributed by atoms with van der Waals surface area (Å²) in [5, 5.41) is 13.9. The number of hydrogen-bond donors (Lipinski definition) is 4. The van der Waals surface area contributed by atoms with Gasteiger partial charge in [-0.2, -0.15) is 0 Å². The number of amides is 2. The lowest BCUT2D eigenvalue weighted by Crippen LogP contribution is -2.37. The number of fused-ring (bicyclic) bond motifs is 1. The van der Waals surface area contributed by atoms with Gasteiger partial charge in [-0.05, 0) is 31.2 Å². The Hall–Kier alpha value is -3.20. The van der Waals surface area contributed by atoms with Crippen LogP contribution in [0.2, 0.25) is 0 Å². The van der Waals surface area contributed by atoms with Crippen molar-refractivity contribution in [3.8, 4) is 0 Å². The first-order chi connectivity index (χ1) is 12.4. The van der Waals surface area contributed by atoms with E-state index in [2.05, 4.69) is 20.6 Å². The molecule has 8 nitrogen and oxygen atoms in total. The van der Waals surface area contributed by atoms with Crippen LogP contribution >= 0.6 is 11.3 Å². The van der Waals surface area contributed by atoms with Gasteiger partial charge in [-0.1, -0.05) is 12.1 Å². The molecule has 2 heterocycles. The Morgan fingerprint density at radius 3 is 2.54 bits per heavy atom. The smallest absolute Gasteiger partial charge is 0.325 e. The maximum atomic E-state index is 12.2. The number of rotatable bonds is 6. The van der Waals surface area contributed by atoms with Crippen LogP contribution in [0, 0.1) is 0 Å². The Morgan fingerprint density at radius 2 is 1.85 bits per heavy atom. The van der Waals surface area contributed by atoms with Crippen molar-refractivity contribution in [2.45, 2.75) is 19.5 Å². The second-order valence-electron chi connectivity index (χ2n) is 5.58. The lowest BCUT2D eigenvalue weighted by Gasteiger charge is -2.07. The SMILES string of the molecule is CC(NC(=O)c1ccc(C(=O)NCc2nc3ccccc3[nH]2)s1)C(=O)O. The van der Waals surface area contributed by atoms with Crippen LogP contribution in [0.3, 0.4) is 0 Å². The molecule has 0 aliphatic carbocycles. The van der Waals surface area contributed by atoms with Gasteiger partial charge in [-0.25, -0.2) is 4.98 Å². The number of carboxylic acid groups (broad SMARTS) is 1. The number of para-hydroxylation sites is 2. The second-order valence-corrected chi connectivity index (χ2v) is 6.66. The molecule has 0 aliphatic rings. The zero-order valence-electron chi connectivity index (χ0n) is 13.8. The van der Waals surface area contributed by atoms with Gasteiger partial charge in [0.2, 0.25) is 0 Å². The summed E-state index contributed by atoms with van der Waals surface area (Å²) < 4.78 is 0. The molecule has 0 aliphatic heterocycles. The van der Waals surface area contributed by atoms with Crippen molar-refractivity contribution in [2.75, 3.05) is 0 Å². The van der Waals surface area contributed by atoms with Crippen molar-refractivity contribution in [1.82, 2.24) is 20.6 Å². The zero-order valence-corrected chi connectivity index (χ0v) is 14.6. The fourth-order valence-corrected chi connectivity index (χ4v) is 3.08. The Labute approximate surface area is 152 Å². The van der Waals surface area contributed by atoms with E-state index in [0.717, 1.165) is 22.4 Å². The van der Waals surface area contributed by atoms with E-state index in [1.165, 1.54) is 19.1 Å². The number of nitrogens with one attached hydrogen (secondary N) is 3. The highest BCUT2D eigenvalue weighted by Crippen LogP contribution is 2.17. The summed E-state index contributed by atoms with van der Waals surface area (Å²) in [6.45, 7) is 1.60. The van der Waals surface area contributed by atoms with Gasteiger partial charge in [0.1, 0.15) is 11.9 Å². The van der Waals surface area contributed by atoms with Gasteiger partial charge in [-0.15, -0.1) is 11.3 Å². The number of H-pyrrole nitrogens is 1. The summed E-state index contributed by atoms with van der Waals surface area (Å²) >= 11 is 0.995. The third-order valence-corrected chi connectivity index (χ3v) is 4.71. The topological polar surface area (TPSA) is 124 Å². The van der Waals surface area contributed by atoms with E-state index in [1.54, 1.807) is 0 Å². The highest BCUT2D eigenvalue weighted by Gasteiger charge is 2.18. The van der Waals surface area contributed by atoms with Gasteiger partial charge in [0.05, 0.1) is 27.3 Å². The minimum atomic E-state index is -1.13. The summed E-state index contributed by atoms with van der Waals surface area (Å²) in [4.78, 5) is 43.1. The van der Waals surface area contributed by atoms with Gasteiger partial charge in [-0.3, -0.25) is 14.4 Å². The third-order valence-electron chi connectivity index (χ3n) is 3.63. The molecule has 1 atom stereocenters. The number of hydrogen-bond acceptors (Lipinski definition) is 5. The average molecular weight is 372 g/mol. The molecule has 0 saturated heterocycles. The molecule has 134 valence electrons. The fourth-order valence-electron chi connectivity index (χ4n) is 2.25. The van der Waals surface area contributed by atoms with Crippen LogP contribution in [0.25, 0.3) is 11.0 Å². The van der Waals surface area contributed by atoms with Gasteiger partial charge in [0.15, 0.2) is 0 Å². The number of carbonyl (C=O) groups is 3. The summed E-state index contributed by atoms with van der Waals surface area (Å²) in [5.74, 6) is -1.36. The summed E-state index contributed by atoms with van der Waals surface area (Å²) in [7, 11) is 0. The van der Waals surface area contributed by atoms with Crippen LogP contribution in [0.4, 0.5) is 0 Å². The molecule has 0 fully saturated rings. The van der Waals surface area contributed by atoms with Gasteiger partial charge in [0, 0.05) is 0 Å². The van der Waals surface area contributed by atoms with Crippen LogP contribution in [0.15, 0.2) is 36.4 Å². The van der Waals surface area contributed by atoms with Crippen molar-refractivity contribution in [2.24, 2.45) is 0 Å². The monoisotopic (exact) mass is 372 g/mol. The normalized spacial score (nSPS) is 11.9. The number of thiophene rings is 1. The Morgan fingerprint density at radius 1 is 1.15 bits per heavy atom. The number of nitrogens with zero attached hydrogens (tertiary/aromatic N) is 1. The quantitative estimate of drug-likeness (QED) is 0.525. The minimum absolute atomic E-state index is 0.225. The molecular formula is C17H16N4O4S. The van der Waals surface area contributed by atoms with E-state index >= 15 is 0 Å². The molecule has 9 heteroatoms. The molecule has 26 heavy (non-hydrogen) atoms. The van der Waals surface area contributed by atoms with Gasteiger partial charge >= 0.3 is 5.97 Å². The molecule has 0 bridgehead atoms. The van der Waals surface area contributed by atoms with E-state index in [0.29, 0.717) is 10.7 Å². The summed E-state index contributed by atoms with van der Waals surface area (Å²) in [6, 6.07) is 9.57. The lowest BCUT2D eigenvalue weighted by atomic mass is 10.3. The van der Waals surface area contributed by atoms with Crippen molar-refractivity contribution in [3.63, 3.8) is 0 Å². The van der Waals surface area contributed by atoms with Crippen LogP contribution in [-0.4, -0.2) is 38.9 Å². The lowest BCUT2D eigenvalue weighted by molar-refractivity contribution is -0.138. The molecule has 1 unspecified atom stereocenters. The van der Waals surface area contributed by atoms with Crippen molar-refractivity contribution < 1.29 is 19.5 Å². The molecule has 0 saturated carbocycles. The van der Waals surface area contributed by atoms with Crippen LogP contribution in [0.5, 0.6) is 0 Å². The molecule has 0 radical (unpaired) electrons. The van der Waals surface area contributed by atoms with E-state index < -0.39 is 17.9 Å². The Bertz CT molecular complexity index is 945. The molecule has 3 aromatic rings. The highest BCUT2D eigenvalue weighted by atomic mass is 32.1. The predicted molar refractivity (Wildman–Crippen MR) is 96.1 cm³/mol. The first-order valence-electron chi connectivity index (χ1n) is 7.79. The van der Waals surface area contributed by atoms with Crippen molar-refractivity contribution in [1.29, 1.82) is 0 Å². The van der Waals surface area contributed by atoms with E-state index in [1.807, 2.05) is 24.3 Å². The Kier molecular flexibility index (Phi) is 4.99. The molecule has 0 spiro atoms. The number of benzene rings is 1. The standard InChI is InChI=1S/C17H16N4O4S/c1-9(17(24)25)19-16(23)13-7-6-12(26-13)15(22)18-8-14-20-10-4-2-3-5-11(10)21-14/h2-7,9H,8H2,1H3,(H,18,22)(H,19,23)(H,20,21)(H,24,25). The predicted octanol–water partition coefficient (Wildman–Crippen LogP) is 1.76. The maximum absolute atomic E-state index is 12.2. The Balaban J connectivity index is 1.60. The molecule has 2 amide bonds. The van der Waals surface area contributed by atoms with Gasteiger partial charge < -0.3 is 20.7 Å². The molecule has 4 N–H and O–H groups in total. The first kappa shape index (κ1) is 17.6. The number of imidazole rings is 1. The second kappa shape index (κ2) is 7.36. The van der Waals surface area contributed by atoms with Gasteiger partial charge in [0.25, 0.3) is 11.8 Å². The summed E-state index contributed by atoms with van der Waals surface area (Å²) in [5.41, 5.74) is 1.71. The average Bonchev–Trinajstić information content (AvgIpc) is 3.26. The number of aromatic amines is 1. The third kappa shape index (κ3) is 3.89. The summed E-state index contributed by atoms with van der Waals surface area (Å²) in [6.07, 6.45) is 0. The van der Waals surface area contributed by atoms with E-state index in [4.69, 9.17) is 5.11 Å². The molecule has 1 aromatic carbocycles. The minimum Gasteiger partial charge on any atom is -0.480 e. The number of carboxylic acids is 1. The van der Waals surface area contributed by atoms with Crippen LogP contribution in [0.1, 0.15) is 32.1 Å². The van der Waals surface area contributed by atoms with Crippen molar-refractivity contribution >= 4 is 40.2 Å². The highest BCUT2D eigenvalue weighted by molar-refractivity contribution is 7.15. The van der Waals surface area contributed by atoms with Crippen molar-refractivity contribution in [3.05, 3.63) is 52.0 Å². The number of carbonyl (C=O) groups excluding carboxylic acids is 2. The first-order valence-corrected chi connectivity index (χ1v) is 8.61. The van der Waals surface area contributed by atoms with Crippen LogP contribution in [-0.2, 0) is 11.3 Å². The number of aromatic nitrogens is 2. The molecule has 3 rings (SSSR count). The van der Waals surface area contributed by atoms with E-state index in [9.17, 15) is 14.4 Å². The molecule has 2 aromatic heterocycles. The number of aliphatic carboxylic acids is 1. The zero-order chi connectivity index (χ0) is 18.7. The van der Waals surface area contributed by atoms with Crippen LogP contribution < -0.4 is 10.6 Å². The molecular weight excluding hydrogens is 356 g/mol.